The molecule has 0 bridgehead atoms. The van der Waals surface area contributed by atoms with E-state index in [2.05, 4.69) is 13.2 Å². The first-order valence-corrected chi connectivity index (χ1v) is 17.9. The maximum Gasteiger partial charge on any atom is 0.410 e. The van der Waals surface area contributed by atoms with Crippen LogP contribution in [0.3, 0.4) is 0 Å². The third-order valence-corrected chi connectivity index (χ3v) is 8.88. The predicted molar refractivity (Wildman–Crippen MR) is 209 cm³/mol. The van der Waals surface area contributed by atoms with Crippen molar-refractivity contribution in [2.75, 3.05) is 7.11 Å². The van der Waals surface area contributed by atoms with Crippen LogP contribution in [0, 0.1) is 0 Å². The highest BCUT2D eigenvalue weighted by molar-refractivity contribution is 5.68. The van der Waals surface area contributed by atoms with E-state index >= 15 is 0 Å². The summed E-state index contributed by atoms with van der Waals surface area (Å²) in [5, 5.41) is 0. The Morgan fingerprint density at radius 1 is 0.585 bits per heavy atom. The second kappa shape index (κ2) is 21.2. The molecule has 0 saturated heterocycles. The van der Waals surface area contributed by atoms with Crippen LogP contribution in [-0.2, 0) is 51.9 Å². The lowest BCUT2D eigenvalue weighted by Crippen LogP contribution is -2.55. The fraction of sp³-hybridized carbons (Fsp3) is 0.239. The van der Waals surface area contributed by atoms with Crippen LogP contribution in [0.5, 0.6) is 5.75 Å². The van der Waals surface area contributed by atoms with E-state index < -0.39 is 30.4 Å². The van der Waals surface area contributed by atoms with Gasteiger partial charge in [-0.1, -0.05) is 146 Å². The SMILES string of the molecule is C=CC[C@H]([C@H](OCc1ccc(OC)cc1)[C@@H](OCc1ccccc1)[C@@H](C=C)OCc1ccccc1)N(Cc1ccccc1)C(=O)OCc1ccccc1. The van der Waals surface area contributed by atoms with Gasteiger partial charge in [-0.15, -0.1) is 13.2 Å². The zero-order chi connectivity index (χ0) is 37.1. The minimum Gasteiger partial charge on any atom is -0.497 e. The molecular formula is C46H49NO6. The number of carbonyl (C=O) groups is 1. The van der Waals surface area contributed by atoms with Crippen LogP contribution < -0.4 is 4.74 Å². The minimum absolute atomic E-state index is 0.118. The summed E-state index contributed by atoms with van der Waals surface area (Å²) in [6.45, 7) is 9.53. The summed E-state index contributed by atoms with van der Waals surface area (Å²) in [7, 11) is 1.64. The van der Waals surface area contributed by atoms with Crippen molar-refractivity contribution in [2.24, 2.45) is 0 Å². The van der Waals surface area contributed by atoms with E-state index in [1.54, 1.807) is 24.2 Å². The predicted octanol–water partition coefficient (Wildman–Crippen LogP) is 9.72. The van der Waals surface area contributed by atoms with E-state index in [9.17, 15) is 4.79 Å². The first-order chi connectivity index (χ1) is 26.1. The highest BCUT2D eigenvalue weighted by Gasteiger charge is 2.41. The molecule has 0 aliphatic heterocycles. The molecule has 7 heteroatoms. The number of ether oxygens (including phenoxy) is 5. The van der Waals surface area contributed by atoms with Crippen molar-refractivity contribution < 1.29 is 28.5 Å². The maximum absolute atomic E-state index is 14.3. The minimum atomic E-state index is -0.731. The van der Waals surface area contributed by atoms with E-state index in [1.807, 2.05) is 146 Å². The van der Waals surface area contributed by atoms with Crippen LogP contribution in [0.25, 0.3) is 0 Å². The molecular weight excluding hydrogens is 663 g/mol. The molecule has 5 aromatic carbocycles. The number of methoxy groups -OCH3 is 1. The number of carbonyl (C=O) groups excluding carboxylic acids is 1. The number of hydrogen-bond donors (Lipinski definition) is 0. The van der Waals surface area contributed by atoms with Gasteiger partial charge in [-0.25, -0.2) is 4.79 Å². The summed E-state index contributed by atoms with van der Waals surface area (Å²) in [5.74, 6) is 0.745. The summed E-state index contributed by atoms with van der Waals surface area (Å²) >= 11 is 0. The number of amides is 1. The van der Waals surface area contributed by atoms with Crippen molar-refractivity contribution in [1.29, 1.82) is 0 Å². The lowest BCUT2D eigenvalue weighted by atomic mass is 9.95. The van der Waals surface area contributed by atoms with Gasteiger partial charge in [0, 0.05) is 6.54 Å². The van der Waals surface area contributed by atoms with Gasteiger partial charge in [0.25, 0.3) is 0 Å². The summed E-state index contributed by atoms with van der Waals surface area (Å²) in [6, 6.07) is 46.6. The quantitative estimate of drug-likeness (QED) is 0.0707. The molecule has 0 spiro atoms. The van der Waals surface area contributed by atoms with Crippen molar-refractivity contribution in [1.82, 2.24) is 4.90 Å². The maximum atomic E-state index is 14.3. The molecule has 1 amide bonds. The molecule has 0 saturated carbocycles. The van der Waals surface area contributed by atoms with Gasteiger partial charge < -0.3 is 23.7 Å². The van der Waals surface area contributed by atoms with Gasteiger partial charge in [-0.05, 0) is 46.4 Å². The Labute approximate surface area is 314 Å². The average molecular weight is 712 g/mol. The van der Waals surface area contributed by atoms with Crippen LogP contribution in [0.1, 0.15) is 34.2 Å². The van der Waals surface area contributed by atoms with E-state index in [0.29, 0.717) is 13.0 Å². The largest absolute Gasteiger partial charge is 0.497 e. The summed E-state index contributed by atoms with van der Waals surface area (Å²) in [5.41, 5.74) is 4.75. The molecule has 5 aromatic rings. The van der Waals surface area contributed by atoms with E-state index in [1.165, 1.54) is 0 Å². The van der Waals surface area contributed by atoms with Gasteiger partial charge in [-0.3, -0.25) is 4.90 Å². The normalized spacial score (nSPS) is 13.2. The van der Waals surface area contributed by atoms with Crippen LogP contribution in [0.2, 0.25) is 0 Å². The third-order valence-electron chi connectivity index (χ3n) is 8.88. The second-order valence-corrected chi connectivity index (χ2v) is 12.6. The topological polar surface area (TPSA) is 66.5 Å². The van der Waals surface area contributed by atoms with Gasteiger partial charge in [0.05, 0.1) is 33.0 Å². The Morgan fingerprint density at radius 2 is 1.04 bits per heavy atom. The Hall–Kier alpha value is -5.47. The number of hydrogen-bond acceptors (Lipinski definition) is 6. The molecule has 53 heavy (non-hydrogen) atoms. The van der Waals surface area contributed by atoms with Crippen molar-refractivity contribution in [2.45, 2.75) is 63.7 Å². The molecule has 5 rings (SSSR count). The highest BCUT2D eigenvalue weighted by atomic mass is 16.6. The zero-order valence-corrected chi connectivity index (χ0v) is 30.4. The van der Waals surface area contributed by atoms with Gasteiger partial charge in [0.2, 0.25) is 0 Å². The summed E-state index contributed by atoms with van der Waals surface area (Å²) < 4.78 is 31.8. The first kappa shape index (κ1) is 38.8. The smallest absolute Gasteiger partial charge is 0.410 e. The highest BCUT2D eigenvalue weighted by Crippen LogP contribution is 2.28. The van der Waals surface area contributed by atoms with Crippen LogP contribution in [0.15, 0.2) is 171 Å². The Kier molecular flexibility index (Phi) is 15.5. The fourth-order valence-corrected chi connectivity index (χ4v) is 6.06. The molecule has 0 aliphatic carbocycles. The Morgan fingerprint density at radius 3 is 1.53 bits per heavy atom. The number of rotatable bonds is 21. The van der Waals surface area contributed by atoms with E-state index in [0.717, 1.165) is 33.6 Å². The lowest BCUT2D eigenvalue weighted by molar-refractivity contribution is -0.158. The van der Waals surface area contributed by atoms with Crippen LogP contribution in [0.4, 0.5) is 4.79 Å². The van der Waals surface area contributed by atoms with Gasteiger partial charge in [0.15, 0.2) is 0 Å². The molecule has 0 unspecified atom stereocenters. The monoisotopic (exact) mass is 711 g/mol. The van der Waals surface area contributed by atoms with Crippen molar-refractivity contribution in [3.8, 4) is 5.75 Å². The molecule has 0 N–H and O–H groups in total. The Bertz CT molecular complexity index is 1780. The number of nitrogens with zero attached hydrogens (tertiary/aromatic N) is 1. The molecule has 4 atom stereocenters. The standard InChI is InChI=1S/C46H49NO6/c1-4-18-42(47(31-36-19-10-6-11-20-36)46(48)53-35-39-25-16-9-17-26-39)44(51-34-40-27-29-41(49-3)30-28-40)45(52-33-38-23-14-8-15-24-38)43(5-2)50-32-37-21-12-7-13-22-37/h4-17,19-30,42-45H,1-2,18,31-35H2,3H3/t42-,43-,44+,45+/m1/s1. The second-order valence-electron chi connectivity index (χ2n) is 12.6. The average Bonchev–Trinajstić information content (AvgIpc) is 3.22. The van der Waals surface area contributed by atoms with Gasteiger partial charge in [-0.2, -0.15) is 0 Å². The van der Waals surface area contributed by atoms with Gasteiger partial charge in [0.1, 0.15) is 30.7 Å². The van der Waals surface area contributed by atoms with E-state index in [-0.39, 0.29) is 26.4 Å². The lowest BCUT2D eigenvalue weighted by Gasteiger charge is -2.41. The summed E-state index contributed by atoms with van der Waals surface area (Å²) in [6.07, 6.45) is 1.40. The molecule has 0 fully saturated rings. The molecule has 0 radical (unpaired) electrons. The van der Waals surface area contributed by atoms with Crippen LogP contribution >= 0.6 is 0 Å². The van der Waals surface area contributed by atoms with Crippen LogP contribution in [-0.4, -0.2) is 42.5 Å². The first-order valence-electron chi connectivity index (χ1n) is 17.9. The fourth-order valence-electron chi connectivity index (χ4n) is 6.06. The van der Waals surface area contributed by atoms with Crippen molar-refractivity contribution in [3.05, 3.63) is 199 Å². The van der Waals surface area contributed by atoms with E-state index in [4.69, 9.17) is 23.7 Å². The zero-order valence-electron chi connectivity index (χ0n) is 30.4. The van der Waals surface area contributed by atoms with Gasteiger partial charge >= 0.3 is 6.09 Å². The summed E-state index contributed by atoms with van der Waals surface area (Å²) in [4.78, 5) is 16.1. The third kappa shape index (κ3) is 12.0. The molecule has 0 heterocycles. The Balaban J connectivity index is 1.55. The molecule has 7 nitrogen and oxygen atoms in total. The molecule has 274 valence electrons. The molecule has 0 aromatic heterocycles. The molecule has 0 aliphatic rings. The number of benzene rings is 5. The van der Waals surface area contributed by atoms with Crippen molar-refractivity contribution in [3.63, 3.8) is 0 Å². The van der Waals surface area contributed by atoms with Crippen molar-refractivity contribution >= 4 is 6.09 Å².